The summed E-state index contributed by atoms with van der Waals surface area (Å²) in [5.41, 5.74) is 0.0669. The summed E-state index contributed by atoms with van der Waals surface area (Å²) in [6.45, 7) is 8.92. The monoisotopic (exact) mass is 402 g/mol. The van der Waals surface area contributed by atoms with Gasteiger partial charge in [0, 0.05) is 18.8 Å². The van der Waals surface area contributed by atoms with Crippen molar-refractivity contribution in [1.82, 2.24) is 4.90 Å². The van der Waals surface area contributed by atoms with Crippen molar-refractivity contribution in [3.63, 3.8) is 0 Å². The molecule has 0 unspecified atom stereocenters. The van der Waals surface area contributed by atoms with Crippen molar-refractivity contribution < 1.29 is 14.3 Å². The van der Waals surface area contributed by atoms with Crippen LogP contribution >= 0.6 is 0 Å². The number of amides is 1. The summed E-state index contributed by atoms with van der Waals surface area (Å²) in [4.78, 5) is 15.4. The smallest absolute Gasteiger partial charge is 0.256 e. The third kappa shape index (κ3) is 6.71. The standard InChI is InChI=1S/C24H38N2O3/c1-3-18-29-24(2,20-9-10-20)23(27)25-21-11-13-22(14-12-21)28-19-8-17-26-15-6-4-5-7-16-26/h11-14,20H,3-10,15-19H2,1-2H3,(H,25,27)/t24-/m0/s1. The highest BCUT2D eigenvalue weighted by Crippen LogP contribution is 2.42. The Balaban J connectivity index is 1.41. The predicted octanol–water partition coefficient (Wildman–Crippen LogP) is 4.87. The number of anilines is 1. The molecule has 5 nitrogen and oxygen atoms in total. The van der Waals surface area contributed by atoms with E-state index in [4.69, 9.17) is 9.47 Å². The van der Waals surface area contributed by atoms with Gasteiger partial charge in [0.15, 0.2) is 0 Å². The zero-order valence-electron chi connectivity index (χ0n) is 18.3. The van der Waals surface area contributed by atoms with Gasteiger partial charge < -0.3 is 19.7 Å². The average molecular weight is 403 g/mol. The van der Waals surface area contributed by atoms with Crippen molar-refractivity contribution in [1.29, 1.82) is 0 Å². The molecule has 2 fully saturated rings. The number of ether oxygens (including phenoxy) is 2. The second-order valence-corrected chi connectivity index (χ2v) is 8.67. The number of nitrogens with one attached hydrogen (secondary N) is 1. The number of hydrogen-bond acceptors (Lipinski definition) is 4. The maximum Gasteiger partial charge on any atom is 0.256 e. The van der Waals surface area contributed by atoms with Crippen LogP contribution in [0.2, 0.25) is 0 Å². The van der Waals surface area contributed by atoms with Gasteiger partial charge in [-0.1, -0.05) is 19.8 Å². The molecule has 1 N–H and O–H groups in total. The first kappa shape index (κ1) is 22.1. The van der Waals surface area contributed by atoms with Crippen molar-refractivity contribution in [3.8, 4) is 5.75 Å². The number of carbonyl (C=O) groups excluding carboxylic acids is 1. The molecule has 1 saturated heterocycles. The Bertz CT molecular complexity index is 622. The van der Waals surface area contributed by atoms with Gasteiger partial charge in [-0.15, -0.1) is 0 Å². The zero-order chi connectivity index (χ0) is 20.5. The molecule has 1 atom stereocenters. The van der Waals surface area contributed by atoms with Crippen LogP contribution in [-0.2, 0) is 9.53 Å². The fraction of sp³-hybridized carbons (Fsp3) is 0.708. The molecule has 1 saturated carbocycles. The predicted molar refractivity (Wildman–Crippen MR) is 117 cm³/mol. The van der Waals surface area contributed by atoms with E-state index in [-0.39, 0.29) is 5.91 Å². The summed E-state index contributed by atoms with van der Waals surface area (Å²) in [6, 6.07) is 7.69. The first-order valence-corrected chi connectivity index (χ1v) is 11.5. The molecule has 5 heteroatoms. The molecule has 1 aromatic carbocycles. The fourth-order valence-electron chi connectivity index (χ4n) is 4.04. The Morgan fingerprint density at radius 2 is 1.79 bits per heavy atom. The van der Waals surface area contributed by atoms with Gasteiger partial charge in [-0.3, -0.25) is 4.79 Å². The molecule has 0 spiro atoms. The van der Waals surface area contributed by atoms with E-state index in [2.05, 4.69) is 17.1 Å². The van der Waals surface area contributed by atoms with Crippen molar-refractivity contribution in [2.24, 2.45) is 5.92 Å². The molecule has 1 amide bonds. The van der Waals surface area contributed by atoms with Gasteiger partial charge in [0.1, 0.15) is 11.4 Å². The summed E-state index contributed by atoms with van der Waals surface area (Å²) in [6.07, 6.45) is 9.51. The summed E-state index contributed by atoms with van der Waals surface area (Å²) < 4.78 is 11.8. The molecule has 0 bridgehead atoms. The summed E-state index contributed by atoms with van der Waals surface area (Å²) >= 11 is 0. The van der Waals surface area contributed by atoms with E-state index < -0.39 is 5.60 Å². The Kier molecular flexibility index (Phi) is 8.37. The molecule has 29 heavy (non-hydrogen) atoms. The molecule has 162 valence electrons. The number of nitrogens with zero attached hydrogens (tertiary/aromatic N) is 1. The topological polar surface area (TPSA) is 50.8 Å². The molecular formula is C24H38N2O3. The van der Waals surface area contributed by atoms with Gasteiger partial charge in [0.2, 0.25) is 0 Å². The van der Waals surface area contributed by atoms with E-state index in [1.807, 2.05) is 31.2 Å². The minimum atomic E-state index is -0.724. The first-order chi connectivity index (χ1) is 14.1. The van der Waals surface area contributed by atoms with Crippen LogP contribution in [0.5, 0.6) is 5.75 Å². The van der Waals surface area contributed by atoms with Crippen LogP contribution in [0.4, 0.5) is 5.69 Å². The van der Waals surface area contributed by atoms with E-state index in [0.29, 0.717) is 12.5 Å². The molecule has 0 aromatic heterocycles. The van der Waals surface area contributed by atoms with Crippen LogP contribution in [-0.4, -0.2) is 49.3 Å². The maximum atomic E-state index is 12.8. The summed E-state index contributed by atoms with van der Waals surface area (Å²) in [5, 5.41) is 3.03. The zero-order valence-corrected chi connectivity index (χ0v) is 18.3. The van der Waals surface area contributed by atoms with E-state index >= 15 is 0 Å². The highest BCUT2D eigenvalue weighted by atomic mass is 16.5. The lowest BCUT2D eigenvalue weighted by atomic mass is 9.98. The highest BCUT2D eigenvalue weighted by molar-refractivity contribution is 5.97. The maximum absolute atomic E-state index is 12.8. The van der Waals surface area contributed by atoms with Crippen LogP contribution < -0.4 is 10.1 Å². The SMILES string of the molecule is CCCO[C@](C)(C(=O)Nc1ccc(OCCCN2CCCCCC2)cc1)C1CC1. The minimum absolute atomic E-state index is 0.0421. The van der Waals surface area contributed by atoms with E-state index in [0.717, 1.165) is 50.3 Å². The van der Waals surface area contributed by atoms with Crippen molar-refractivity contribution in [2.45, 2.75) is 70.8 Å². The van der Waals surface area contributed by atoms with Gasteiger partial charge in [0.05, 0.1) is 6.61 Å². The summed E-state index contributed by atoms with van der Waals surface area (Å²) in [5.74, 6) is 1.14. The Morgan fingerprint density at radius 3 is 2.41 bits per heavy atom. The normalized spacial score (nSPS) is 19.9. The van der Waals surface area contributed by atoms with Crippen LogP contribution in [0, 0.1) is 5.92 Å². The Labute approximate surface area is 176 Å². The van der Waals surface area contributed by atoms with Gasteiger partial charge in [0.25, 0.3) is 5.91 Å². The molecule has 0 radical (unpaired) electrons. The van der Waals surface area contributed by atoms with Gasteiger partial charge >= 0.3 is 0 Å². The molecule has 1 heterocycles. The second-order valence-electron chi connectivity index (χ2n) is 8.67. The quantitative estimate of drug-likeness (QED) is 0.537. The summed E-state index contributed by atoms with van der Waals surface area (Å²) in [7, 11) is 0. The third-order valence-electron chi connectivity index (χ3n) is 6.11. The highest BCUT2D eigenvalue weighted by Gasteiger charge is 2.48. The van der Waals surface area contributed by atoms with Crippen LogP contribution in [0.15, 0.2) is 24.3 Å². The molecule has 1 aliphatic carbocycles. The lowest BCUT2D eigenvalue weighted by molar-refractivity contribution is -0.142. The van der Waals surface area contributed by atoms with Crippen molar-refractivity contribution in [3.05, 3.63) is 24.3 Å². The Hall–Kier alpha value is -1.59. The van der Waals surface area contributed by atoms with E-state index in [1.54, 1.807) is 0 Å². The van der Waals surface area contributed by atoms with Gasteiger partial charge in [-0.05, 0) is 88.7 Å². The average Bonchev–Trinajstić information content (AvgIpc) is 3.58. The molecule has 3 rings (SSSR count). The molecule has 2 aliphatic rings. The minimum Gasteiger partial charge on any atom is -0.494 e. The number of carbonyl (C=O) groups is 1. The van der Waals surface area contributed by atoms with Crippen LogP contribution in [0.1, 0.15) is 65.2 Å². The van der Waals surface area contributed by atoms with E-state index in [9.17, 15) is 4.79 Å². The number of benzene rings is 1. The van der Waals surface area contributed by atoms with Gasteiger partial charge in [-0.25, -0.2) is 0 Å². The first-order valence-electron chi connectivity index (χ1n) is 11.5. The number of hydrogen-bond donors (Lipinski definition) is 1. The van der Waals surface area contributed by atoms with Gasteiger partial charge in [-0.2, -0.15) is 0 Å². The fourth-order valence-corrected chi connectivity index (χ4v) is 4.04. The molecule has 1 aromatic rings. The Morgan fingerprint density at radius 1 is 1.10 bits per heavy atom. The van der Waals surface area contributed by atoms with Crippen molar-refractivity contribution >= 4 is 11.6 Å². The molecule has 1 aliphatic heterocycles. The third-order valence-corrected chi connectivity index (χ3v) is 6.11. The lowest BCUT2D eigenvalue weighted by Crippen LogP contribution is -2.45. The number of rotatable bonds is 11. The van der Waals surface area contributed by atoms with Crippen molar-refractivity contribution in [2.75, 3.05) is 38.2 Å². The lowest BCUT2D eigenvalue weighted by Gasteiger charge is -2.28. The number of likely N-dealkylation sites (tertiary alicyclic amines) is 1. The van der Waals surface area contributed by atoms with Crippen LogP contribution in [0.3, 0.4) is 0 Å². The van der Waals surface area contributed by atoms with Crippen LogP contribution in [0.25, 0.3) is 0 Å². The second kappa shape index (κ2) is 11.0. The molecular weight excluding hydrogens is 364 g/mol. The van der Waals surface area contributed by atoms with E-state index in [1.165, 1.54) is 38.8 Å². The largest absolute Gasteiger partial charge is 0.494 e.